The maximum atomic E-state index is 11.8. The molecular formula is C17H16N2O4. The summed E-state index contributed by atoms with van der Waals surface area (Å²) in [5.74, 6) is 0.272. The summed E-state index contributed by atoms with van der Waals surface area (Å²) in [5.41, 5.74) is 0.687. The van der Waals surface area contributed by atoms with Crippen molar-refractivity contribution in [3.8, 4) is 11.5 Å². The second-order valence-corrected chi connectivity index (χ2v) is 4.68. The van der Waals surface area contributed by atoms with Crippen LogP contribution in [0.5, 0.6) is 11.5 Å². The number of ketones is 2. The lowest BCUT2D eigenvalue weighted by Gasteiger charge is -2.03. The Labute approximate surface area is 133 Å². The van der Waals surface area contributed by atoms with Crippen LogP contribution < -0.4 is 4.74 Å². The first-order valence-electron chi connectivity index (χ1n) is 6.86. The molecule has 23 heavy (non-hydrogen) atoms. The molecule has 0 spiro atoms. The lowest BCUT2D eigenvalue weighted by molar-refractivity contribution is -0.121. The van der Waals surface area contributed by atoms with Gasteiger partial charge in [-0.1, -0.05) is 12.1 Å². The van der Waals surface area contributed by atoms with Crippen molar-refractivity contribution < 1.29 is 19.4 Å². The quantitative estimate of drug-likeness (QED) is 0.605. The molecule has 0 aliphatic carbocycles. The molecule has 0 atom stereocenters. The van der Waals surface area contributed by atoms with Gasteiger partial charge in [0.15, 0.2) is 23.1 Å². The fraction of sp³-hybridized carbons (Fsp3) is 0.118. The van der Waals surface area contributed by atoms with E-state index in [4.69, 9.17) is 4.74 Å². The molecule has 2 rings (SSSR count). The van der Waals surface area contributed by atoms with Crippen LogP contribution in [0.4, 0.5) is 0 Å². The first-order valence-corrected chi connectivity index (χ1v) is 6.86. The maximum absolute atomic E-state index is 11.8. The van der Waals surface area contributed by atoms with Crippen molar-refractivity contribution in [3.63, 3.8) is 0 Å². The maximum Gasteiger partial charge on any atom is 0.163 e. The number of nitrogens with zero attached hydrogens (tertiary/aromatic N) is 1. The first-order chi connectivity index (χ1) is 11.1. The molecule has 1 heterocycles. The molecule has 6 nitrogen and oxygen atoms in total. The number of aromatic nitrogens is 2. The monoisotopic (exact) mass is 312 g/mol. The molecule has 1 aromatic carbocycles. The van der Waals surface area contributed by atoms with E-state index in [1.807, 2.05) is 0 Å². The van der Waals surface area contributed by atoms with Crippen molar-refractivity contribution in [2.45, 2.75) is 6.42 Å². The minimum absolute atomic E-state index is 0.0224. The first kappa shape index (κ1) is 16.2. The van der Waals surface area contributed by atoms with Crippen LogP contribution in [0.15, 0.2) is 42.7 Å². The van der Waals surface area contributed by atoms with Gasteiger partial charge in [0.25, 0.3) is 0 Å². The number of methoxy groups -OCH3 is 1. The molecule has 1 aromatic heterocycles. The SMILES string of the molecule is COc1cc(/C=C/C(=O)CC(=O)/C=C/c2ncc[nH]2)ccc1O. The largest absolute Gasteiger partial charge is 0.504 e. The van der Waals surface area contributed by atoms with Gasteiger partial charge in [-0.3, -0.25) is 9.59 Å². The number of imidazole rings is 1. The Bertz CT molecular complexity index is 746. The topological polar surface area (TPSA) is 92.3 Å². The average Bonchev–Trinajstić information content (AvgIpc) is 3.05. The number of aromatic amines is 1. The zero-order chi connectivity index (χ0) is 16.7. The molecule has 0 radical (unpaired) electrons. The number of carbonyl (C=O) groups excluding carboxylic acids is 2. The summed E-state index contributed by atoms with van der Waals surface area (Å²) in [7, 11) is 1.44. The number of phenolic OH excluding ortho intramolecular Hbond substituents is 1. The minimum Gasteiger partial charge on any atom is -0.504 e. The van der Waals surface area contributed by atoms with Gasteiger partial charge >= 0.3 is 0 Å². The number of hydrogen-bond donors (Lipinski definition) is 2. The van der Waals surface area contributed by atoms with Gasteiger partial charge in [-0.05, 0) is 35.9 Å². The standard InChI is InChI=1S/C17H16N2O4/c1-23-16-10-12(3-6-15(16)22)2-4-13(20)11-14(21)5-7-17-18-8-9-19-17/h2-10,22H,11H2,1H3,(H,18,19)/b4-2+,7-5+. The molecule has 118 valence electrons. The van der Waals surface area contributed by atoms with E-state index in [0.717, 1.165) is 0 Å². The molecule has 0 fully saturated rings. The lowest BCUT2D eigenvalue weighted by Crippen LogP contribution is -2.02. The number of benzene rings is 1. The predicted molar refractivity (Wildman–Crippen MR) is 85.9 cm³/mol. The van der Waals surface area contributed by atoms with Crippen LogP contribution in [0.3, 0.4) is 0 Å². The number of hydrogen-bond acceptors (Lipinski definition) is 5. The fourth-order valence-corrected chi connectivity index (χ4v) is 1.82. The van der Waals surface area contributed by atoms with Gasteiger partial charge in [0, 0.05) is 12.4 Å². The van der Waals surface area contributed by atoms with Crippen molar-refractivity contribution in [1.29, 1.82) is 0 Å². The van der Waals surface area contributed by atoms with E-state index < -0.39 is 0 Å². The molecular weight excluding hydrogens is 296 g/mol. The molecule has 0 aliphatic heterocycles. The van der Waals surface area contributed by atoms with Crippen LogP contribution in [0.1, 0.15) is 17.8 Å². The van der Waals surface area contributed by atoms with E-state index in [-0.39, 0.29) is 23.7 Å². The average molecular weight is 312 g/mol. The number of aromatic hydroxyl groups is 1. The second kappa shape index (κ2) is 7.74. The number of phenols is 1. The van der Waals surface area contributed by atoms with E-state index in [0.29, 0.717) is 17.1 Å². The van der Waals surface area contributed by atoms with Gasteiger partial charge in [0.2, 0.25) is 0 Å². The third-order valence-electron chi connectivity index (χ3n) is 2.96. The molecule has 0 unspecified atom stereocenters. The van der Waals surface area contributed by atoms with Crippen LogP contribution in [-0.2, 0) is 9.59 Å². The Balaban J connectivity index is 1.92. The van der Waals surface area contributed by atoms with Crippen LogP contribution >= 0.6 is 0 Å². The highest BCUT2D eigenvalue weighted by atomic mass is 16.5. The van der Waals surface area contributed by atoms with Gasteiger partial charge < -0.3 is 14.8 Å². The number of ether oxygens (including phenoxy) is 1. The minimum atomic E-state index is -0.314. The van der Waals surface area contributed by atoms with E-state index in [2.05, 4.69) is 9.97 Å². The van der Waals surface area contributed by atoms with Crippen molar-refractivity contribution in [1.82, 2.24) is 9.97 Å². The van der Waals surface area contributed by atoms with Crippen molar-refractivity contribution in [2.75, 3.05) is 7.11 Å². The van der Waals surface area contributed by atoms with Crippen LogP contribution in [-0.4, -0.2) is 33.8 Å². The van der Waals surface area contributed by atoms with E-state index >= 15 is 0 Å². The third kappa shape index (κ3) is 4.96. The highest BCUT2D eigenvalue weighted by Crippen LogP contribution is 2.26. The van der Waals surface area contributed by atoms with Gasteiger partial charge in [-0.2, -0.15) is 0 Å². The number of H-pyrrole nitrogens is 1. The molecule has 0 saturated heterocycles. The summed E-state index contributed by atoms with van der Waals surface area (Å²) >= 11 is 0. The normalized spacial score (nSPS) is 11.2. The summed E-state index contributed by atoms with van der Waals surface area (Å²) in [6, 6.07) is 4.71. The van der Waals surface area contributed by atoms with Gasteiger partial charge in [-0.15, -0.1) is 0 Å². The Hall–Kier alpha value is -3.15. The summed E-state index contributed by atoms with van der Waals surface area (Å²) < 4.78 is 4.98. The van der Waals surface area contributed by atoms with Crippen LogP contribution in [0.2, 0.25) is 0 Å². The molecule has 2 aromatic rings. The smallest absolute Gasteiger partial charge is 0.163 e. The summed E-state index contributed by atoms with van der Waals surface area (Å²) in [5, 5.41) is 9.49. The van der Waals surface area contributed by atoms with Gasteiger partial charge in [-0.25, -0.2) is 4.98 Å². The van der Waals surface area contributed by atoms with Crippen LogP contribution in [0, 0.1) is 0 Å². The van der Waals surface area contributed by atoms with Gasteiger partial charge in [0.1, 0.15) is 5.82 Å². The number of carbonyl (C=O) groups is 2. The predicted octanol–water partition coefficient (Wildman–Crippen LogP) is 2.38. The van der Waals surface area contributed by atoms with E-state index in [1.54, 1.807) is 30.6 Å². The molecule has 0 aliphatic rings. The van der Waals surface area contributed by atoms with Crippen LogP contribution in [0.25, 0.3) is 12.2 Å². The molecule has 0 bridgehead atoms. The third-order valence-corrected chi connectivity index (χ3v) is 2.96. The fourth-order valence-electron chi connectivity index (χ4n) is 1.82. The van der Waals surface area contributed by atoms with Crippen molar-refractivity contribution >= 4 is 23.7 Å². The Kier molecular flexibility index (Phi) is 5.46. The molecule has 2 N–H and O–H groups in total. The zero-order valence-electron chi connectivity index (χ0n) is 12.5. The van der Waals surface area contributed by atoms with E-state index in [1.165, 1.54) is 31.4 Å². The number of allylic oxidation sites excluding steroid dienone is 2. The summed E-state index contributed by atoms with van der Waals surface area (Å²) in [6.45, 7) is 0. The zero-order valence-corrected chi connectivity index (χ0v) is 12.5. The van der Waals surface area contributed by atoms with Crippen molar-refractivity contribution in [2.24, 2.45) is 0 Å². The summed E-state index contributed by atoms with van der Waals surface area (Å²) in [6.07, 6.45) is 8.72. The summed E-state index contributed by atoms with van der Waals surface area (Å²) in [4.78, 5) is 30.2. The van der Waals surface area contributed by atoms with Gasteiger partial charge in [0.05, 0.1) is 13.5 Å². The highest BCUT2D eigenvalue weighted by Gasteiger charge is 2.05. The highest BCUT2D eigenvalue weighted by molar-refractivity contribution is 6.10. The number of rotatable bonds is 7. The Morgan fingerprint density at radius 3 is 2.65 bits per heavy atom. The Morgan fingerprint density at radius 1 is 1.26 bits per heavy atom. The second-order valence-electron chi connectivity index (χ2n) is 4.68. The Morgan fingerprint density at radius 2 is 2.00 bits per heavy atom. The molecule has 0 amide bonds. The number of nitrogens with one attached hydrogen (secondary N) is 1. The van der Waals surface area contributed by atoms with Crippen molar-refractivity contribution in [3.05, 3.63) is 54.1 Å². The lowest BCUT2D eigenvalue weighted by atomic mass is 10.1. The molecule has 6 heteroatoms. The molecule has 0 saturated carbocycles. The van der Waals surface area contributed by atoms with E-state index in [9.17, 15) is 14.7 Å².